The first-order valence-electron chi connectivity index (χ1n) is 6.51. The van der Waals surface area contributed by atoms with Gasteiger partial charge in [-0.3, -0.25) is 9.79 Å². The molecule has 0 radical (unpaired) electrons. The summed E-state index contributed by atoms with van der Waals surface area (Å²) < 4.78 is 0. The van der Waals surface area contributed by atoms with Crippen molar-refractivity contribution in [3.05, 3.63) is 24.0 Å². The monoisotopic (exact) mass is 249 g/mol. The minimum atomic E-state index is -0.0763. The maximum atomic E-state index is 12.2. The van der Waals surface area contributed by atoms with E-state index in [0.717, 1.165) is 18.6 Å². The van der Waals surface area contributed by atoms with E-state index in [1.807, 2.05) is 6.92 Å². The summed E-state index contributed by atoms with van der Waals surface area (Å²) in [4.78, 5) is 16.6. The fourth-order valence-corrected chi connectivity index (χ4v) is 2.29. The van der Waals surface area contributed by atoms with Crippen molar-refractivity contribution in [2.75, 3.05) is 6.54 Å². The van der Waals surface area contributed by atoms with E-state index in [4.69, 9.17) is 0 Å². The molecule has 0 heterocycles. The third-order valence-electron chi connectivity index (χ3n) is 3.04. The zero-order valence-electron chi connectivity index (χ0n) is 11.6. The minimum Gasteiger partial charge on any atom is -0.511 e. The molecule has 0 aromatic heterocycles. The molecule has 1 aliphatic carbocycles. The van der Waals surface area contributed by atoms with Crippen LogP contribution in [-0.2, 0) is 4.79 Å². The Morgan fingerprint density at radius 1 is 1.50 bits per heavy atom. The van der Waals surface area contributed by atoms with Gasteiger partial charge in [0.1, 0.15) is 5.76 Å². The molecule has 0 unspecified atom stereocenters. The molecule has 100 valence electrons. The molecule has 3 nitrogen and oxygen atoms in total. The van der Waals surface area contributed by atoms with E-state index in [-0.39, 0.29) is 17.0 Å². The average Bonchev–Trinajstić information content (AvgIpc) is 2.24. The number of aliphatic hydroxyl groups is 1. The van der Waals surface area contributed by atoms with E-state index in [0.29, 0.717) is 25.0 Å². The molecule has 1 aliphatic rings. The van der Waals surface area contributed by atoms with E-state index >= 15 is 0 Å². The fraction of sp³-hybridized carbons (Fsp3) is 0.600. The summed E-state index contributed by atoms with van der Waals surface area (Å²) in [6.07, 6.45) is 4.27. The number of ketones is 1. The summed E-state index contributed by atoms with van der Waals surface area (Å²) in [5.74, 6) is 0.209. The Kier molecular flexibility index (Phi) is 4.88. The molecule has 0 aromatic rings. The molecule has 1 saturated carbocycles. The van der Waals surface area contributed by atoms with E-state index < -0.39 is 0 Å². The highest BCUT2D eigenvalue weighted by Gasteiger charge is 2.35. The molecule has 0 saturated heterocycles. The van der Waals surface area contributed by atoms with Crippen molar-refractivity contribution in [2.45, 2.75) is 46.5 Å². The third kappa shape index (κ3) is 3.56. The minimum absolute atomic E-state index is 0.0139. The topological polar surface area (TPSA) is 49.7 Å². The molecule has 0 aromatic carbocycles. The van der Waals surface area contributed by atoms with Crippen molar-refractivity contribution >= 4 is 11.5 Å². The number of carbonyl (C=O) groups excluding carboxylic acids is 1. The molecule has 0 bridgehead atoms. The SMILES string of the molecule is C=CCN=C1CC(C)(C)CC(=O)/C1=C(/O)CCC. The van der Waals surface area contributed by atoms with Crippen LogP contribution < -0.4 is 0 Å². The molecular formula is C15H23NO2. The molecule has 1 rings (SSSR count). The number of hydrogen-bond acceptors (Lipinski definition) is 3. The smallest absolute Gasteiger partial charge is 0.168 e. The Morgan fingerprint density at radius 2 is 2.17 bits per heavy atom. The zero-order valence-corrected chi connectivity index (χ0v) is 11.6. The van der Waals surface area contributed by atoms with Gasteiger partial charge in [-0.2, -0.15) is 0 Å². The lowest BCUT2D eigenvalue weighted by Gasteiger charge is -2.31. The van der Waals surface area contributed by atoms with Gasteiger partial charge in [-0.05, 0) is 18.3 Å². The molecule has 0 atom stereocenters. The molecule has 3 heteroatoms. The second-order valence-corrected chi connectivity index (χ2v) is 5.59. The van der Waals surface area contributed by atoms with Crippen LogP contribution in [0.1, 0.15) is 46.5 Å². The average molecular weight is 249 g/mol. The fourth-order valence-electron chi connectivity index (χ4n) is 2.29. The van der Waals surface area contributed by atoms with Gasteiger partial charge in [0.15, 0.2) is 5.78 Å². The van der Waals surface area contributed by atoms with Crippen LogP contribution in [-0.4, -0.2) is 23.1 Å². The molecule has 0 spiro atoms. The normalized spacial score (nSPS) is 24.2. The molecule has 0 amide bonds. The second kappa shape index (κ2) is 5.98. The maximum absolute atomic E-state index is 12.2. The Balaban J connectivity index is 3.15. The van der Waals surface area contributed by atoms with Gasteiger partial charge >= 0.3 is 0 Å². The van der Waals surface area contributed by atoms with Gasteiger partial charge in [0.25, 0.3) is 0 Å². The summed E-state index contributed by atoms with van der Waals surface area (Å²) in [5, 5.41) is 10.0. The molecule has 1 fully saturated rings. The highest BCUT2D eigenvalue weighted by Crippen LogP contribution is 2.35. The van der Waals surface area contributed by atoms with Gasteiger partial charge in [0.2, 0.25) is 0 Å². The van der Waals surface area contributed by atoms with Crippen LogP contribution in [0.2, 0.25) is 0 Å². The maximum Gasteiger partial charge on any atom is 0.168 e. The van der Waals surface area contributed by atoms with Crippen molar-refractivity contribution in [1.82, 2.24) is 0 Å². The summed E-state index contributed by atoms with van der Waals surface area (Å²) in [6, 6.07) is 0. The van der Waals surface area contributed by atoms with Crippen molar-refractivity contribution in [2.24, 2.45) is 10.4 Å². The van der Waals surface area contributed by atoms with Crippen molar-refractivity contribution < 1.29 is 9.90 Å². The highest BCUT2D eigenvalue weighted by molar-refractivity contribution is 6.24. The van der Waals surface area contributed by atoms with Gasteiger partial charge in [-0.1, -0.05) is 26.8 Å². The van der Waals surface area contributed by atoms with Crippen LogP contribution in [0.3, 0.4) is 0 Å². The number of carbonyl (C=O) groups is 1. The standard InChI is InChI=1S/C15H23NO2/c1-5-7-12(17)14-11(16-8-6-2)9-15(3,4)10-13(14)18/h6,17H,2,5,7-10H2,1,3-4H3/b14-12+,16-11?. The van der Waals surface area contributed by atoms with Gasteiger partial charge in [0.05, 0.1) is 12.1 Å². The Morgan fingerprint density at radius 3 is 2.72 bits per heavy atom. The first-order valence-corrected chi connectivity index (χ1v) is 6.51. The predicted octanol–water partition coefficient (Wildman–Crippen LogP) is 3.61. The van der Waals surface area contributed by atoms with E-state index in [9.17, 15) is 9.90 Å². The lowest BCUT2D eigenvalue weighted by Crippen LogP contribution is -2.32. The van der Waals surface area contributed by atoms with Gasteiger partial charge in [-0.15, -0.1) is 6.58 Å². The van der Waals surface area contributed by atoms with Crippen LogP contribution in [0.5, 0.6) is 0 Å². The number of rotatable bonds is 4. The van der Waals surface area contributed by atoms with Crippen LogP contribution in [0.4, 0.5) is 0 Å². The molecule has 18 heavy (non-hydrogen) atoms. The number of aliphatic hydroxyl groups excluding tert-OH is 1. The Hall–Kier alpha value is -1.38. The predicted molar refractivity (Wildman–Crippen MR) is 75.1 cm³/mol. The summed E-state index contributed by atoms with van der Waals surface area (Å²) in [6.45, 7) is 10.2. The number of hydrogen-bond donors (Lipinski definition) is 1. The quantitative estimate of drug-likeness (QED) is 0.470. The lowest BCUT2D eigenvalue weighted by atomic mass is 9.73. The first-order chi connectivity index (χ1) is 8.41. The summed E-state index contributed by atoms with van der Waals surface area (Å²) in [7, 11) is 0. The number of nitrogens with zero attached hydrogens (tertiary/aromatic N) is 1. The van der Waals surface area contributed by atoms with Crippen LogP contribution in [0.15, 0.2) is 29.0 Å². The largest absolute Gasteiger partial charge is 0.511 e. The Labute approximate surface area is 109 Å². The first kappa shape index (κ1) is 14.7. The van der Waals surface area contributed by atoms with Crippen LogP contribution >= 0.6 is 0 Å². The lowest BCUT2D eigenvalue weighted by molar-refractivity contribution is -0.117. The Bertz CT molecular complexity index is 403. The molecule has 1 N–H and O–H groups in total. The van der Waals surface area contributed by atoms with E-state index in [1.54, 1.807) is 6.08 Å². The second-order valence-electron chi connectivity index (χ2n) is 5.59. The summed E-state index contributed by atoms with van der Waals surface area (Å²) >= 11 is 0. The van der Waals surface area contributed by atoms with Gasteiger partial charge < -0.3 is 5.11 Å². The van der Waals surface area contributed by atoms with E-state index in [2.05, 4.69) is 25.4 Å². The van der Waals surface area contributed by atoms with E-state index in [1.165, 1.54) is 0 Å². The van der Waals surface area contributed by atoms with Gasteiger partial charge in [0, 0.05) is 18.6 Å². The third-order valence-corrected chi connectivity index (χ3v) is 3.04. The van der Waals surface area contributed by atoms with Crippen LogP contribution in [0, 0.1) is 5.41 Å². The molecule has 0 aliphatic heterocycles. The number of aliphatic imine (C=N–C) groups is 1. The van der Waals surface area contributed by atoms with Gasteiger partial charge in [-0.25, -0.2) is 0 Å². The van der Waals surface area contributed by atoms with Crippen molar-refractivity contribution in [1.29, 1.82) is 0 Å². The number of Topliss-reactive ketones (excluding diaryl/α,β-unsaturated/α-hetero) is 1. The number of allylic oxidation sites excluding steroid dienone is 2. The highest BCUT2D eigenvalue weighted by atomic mass is 16.3. The molecular weight excluding hydrogens is 226 g/mol. The van der Waals surface area contributed by atoms with Crippen LogP contribution in [0.25, 0.3) is 0 Å². The summed E-state index contributed by atoms with van der Waals surface area (Å²) in [5.41, 5.74) is 1.12. The zero-order chi connectivity index (χ0) is 13.8. The van der Waals surface area contributed by atoms with Crippen molar-refractivity contribution in [3.63, 3.8) is 0 Å². The van der Waals surface area contributed by atoms with Crippen molar-refractivity contribution in [3.8, 4) is 0 Å².